The number of aromatic nitrogens is 1. The molecule has 0 saturated carbocycles. The van der Waals surface area contributed by atoms with Crippen molar-refractivity contribution in [3.8, 4) is 0 Å². The molecule has 2 rings (SSSR count). The van der Waals surface area contributed by atoms with Gasteiger partial charge in [0.2, 0.25) is 0 Å². The van der Waals surface area contributed by atoms with Crippen molar-refractivity contribution in [3.63, 3.8) is 0 Å². The van der Waals surface area contributed by atoms with Gasteiger partial charge in [-0.1, -0.05) is 40.9 Å². The van der Waals surface area contributed by atoms with Crippen molar-refractivity contribution < 1.29 is 14.3 Å². The summed E-state index contributed by atoms with van der Waals surface area (Å²) in [6.45, 7) is 5.51. The van der Waals surface area contributed by atoms with Gasteiger partial charge >= 0.3 is 6.09 Å². The number of carbonyl (C=O) groups is 2. The first-order valence-corrected chi connectivity index (χ1v) is 9.77. The van der Waals surface area contributed by atoms with Crippen LogP contribution in [-0.2, 0) is 17.7 Å². The number of hydrogen-bond acceptors (Lipinski definition) is 4. The summed E-state index contributed by atoms with van der Waals surface area (Å²) in [5.41, 5.74) is 1.21. The Balaban J connectivity index is 2.00. The van der Waals surface area contributed by atoms with Crippen LogP contribution in [0.3, 0.4) is 0 Å². The molecule has 0 aliphatic heterocycles. The van der Waals surface area contributed by atoms with Crippen LogP contribution < -0.4 is 5.32 Å². The van der Waals surface area contributed by atoms with Crippen molar-refractivity contribution in [1.29, 1.82) is 0 Å². The third-order valence-corrected chi connectivity index (χ3v) is 4.53. The minimum atomic E-state index is -0.592. The number of amides is 1. The third-order valence-electron chi connectivity index (χ3n) is 3.60. The Morgan fingerprint density at radius 3 is 2.39 bits per heavy atom. The van der Waals surface area contributed by atoms with E-state index in [4.69, 9.17) is 39.5 Å². The normalized spacial score (nSPS) is 11.2. The Labute approximate surface area is 179 Å². The zero-order valence-corrected chi connectivity index (χ0v) is 18.1. The molecule has 1 amide bonds. The van der Waals surface area contributed by atoms with Gasteiger partial charge in [-0.25, -0.2) is 9.78 Å². The highest BCUT2D eigenvalue weighted by molar-refractivity contribution is 6.42. The molecule has 0 aliphatic rings. The van der Waals surface area contributed by atoms with E-state index in [2.05, 4.69) is 10.3 Å². The standard InChI is InChI=1S/C20H21Cl3N2O3/c1-20(2,3)28-19(27)24-11-13-9-16(25-18(23)10-13)17(26)7-5-12-4-6-14(21)15(22)8-12/h4,6,8-10H,5,7,11H2,1-3H3,(H,24,27). The Hall–Kier alpha value is -1.82. The fourth-order valence-corrected chi connectivity index (χ4v) is 2.92. The second-order valence-corrected chi connectivity index (χ2v) is 8.41. The Morgan fingerprint density at radius 1 is 1.04 bits per heavy atom. The molecule has 0 aliphatic carbocycles. The molecule has 0 spiro atoms. The van der Waals surface area contributed by atoms with E-state index >= 15 is 0 Å². The molecular weight excluding hydrogens is 423 g/mol. The number of halogens is 3. The van der Waals surface area contributed by atoms with Crippen molar-refractivity contribution in [1.82, 2.24) is 10.3 Å². The number of alkyl carbamates (subject to hydrolysis) is 1. The van der Waals surface area contributed by atoms with Crippen molar-refractivity contribution in [2.45, 2.75) is 45.8 Å². The molecule has 0 saturated heterocycles. The second-order valence-electron chi connectivity index (χ2n) is 7.21. The van der Waals surface area contributed by atoms with Crippen LogP contribution in [0.2, 0.25) is 15.2 Å². The van der Waals surface area contributed by atoms with Crippen LogP contribution >= 0.6 is 34.8 Å². The van der Waals surface area contributed by atoms with Crippen molar-refractivity contribution in [2.75, 3.05) is 0 Å². The quantitative estimate of drug-likeness (QED) is 0.447. The molecule has 5 nitrogen and oxygen atoms in total. The smallest absolute Gasteiger partial charge is 0.407 e. The predicted molar refractivity (Wildman–Crippen MR) is 111 cm³/mol. The molecule has 0 unspecified atom stereocenters. The summed E-state index contributed by atoms with van der Waals surface area (Å²) in [5, 5.41) is 3.73. The lowest BCUT2D eigenvalue weighted by Gasteiger charge is -2.19. The Morgan fingerprint density at radius 2 is 1.75 bits per heavy atom. The van der Waals surface area contributed by atoms with Gasteiger partial charge in [-0.3, -0.25) is 4.79 Å². The number of rotatable bonds is 6. The van der Waals surface area contributed by atoms with Crippen molar-refractivity contribution in [3.05, 3.63) is 62.4 Å². The van der Waals surface area contributed by atoms with E-state index in [1.54, 1.807) is 45.0 Å². The van der Waals surface area contributed by atoms with Crippen molar-refractivity contribution >= 4 is 46.7 Å². The molecular formula is C20H21Cl3N2O3. The molecule has 28 heavy (non-hydrogen) atoms. The van der Waals surface area contributed by atoms with E-state index in [0.717, 1.165) is 5.56 Å². The number of aryl methyl sites for hydroxylation is 1. The molecule has 0 atom stereocenters. The first kappa shape index (κ1) is 22.5. The zero-order chi connectivity index (χ0) is 20.9. The number of benzene rings is 1. The largest absolute Gasteiger partial charge is 0.444 e. The Kier molecular flexibility index (Phi) is 7.70. The maximum Gasteiger partial charge on any atom is 0.407 e. The van der Waals surface area contributed by atoms with Crippen LogP contribution in [0.4, 0.5) is 4.79 Å². The molecule has 1 aromatic heterocycles. The highest BCUT2D eigenvalue weighted by Gasteiger charge is 2.16. The summed E-state index contributed by atoms with van der Waals surface area (Å²) < 4.78 is 5.19. The minimum absolute atomic E-state index is 0.160. The van der Waals surface area contributed by atoms with E-state index in [1.807, 2.05) is 6.07 Å². The van der Waals surface area contributed by atoms with Gasteiger partial charge in [0.05, 0.1) is 10.0 Å². The van der Waals surface area contributed by atoms with Crippen molar-refractivity contribution in [2.24, 2.45) is 0 Å². The molecule has 1 heterocycles. The highest BCUT2D eigenvalue weighted by atomic mass is 35.5. The van der Waals surface area contributed by atoms with E-state index in [1.165, 1.54) is 0 Å². The maximum absolute atomic E-state index is 12.5. The SMILES string of the molecule is CC(C)(C)OC(=O)NCc1cc(Cl)nc(C(=O)CCc2ccc(Cl)c(Cl)c2)c1. The lowest BCUT2D eigenvalue weighted by molar-refractivity contribution is 0.0523. The lowest BCUT2D eigenvalue weighted by Crippen LogP contribution is -2.32. The van der Waals surface area contributed by atoms with Gasteiger partial charge in [0.15, 0.2) is 5.78 Å². The lowest BCUT2D eigenvalue weighted by atomic mass is 10.0. The summed E-state index contributed by atoms with van der Waals surface area (Å²) >= 11 is 17.9. The summed E-state index contributed by atoms with van der Waals surface area (Å²) in [6, 6.07) is 8.46. The number of ether oxygens (including phenoxy) is 1. The van der Waals surface area contributed by atoms with Gasteiger partial charge in [-0.2, -0.15) is 0 Å². The molecule has 1 N–H and O–H groups in total. The number of carbonyl (C=O) groups excluding carboxylic acids is 2. The molecule has 1 aromatic carbocycles. The van der Waals surface area contributed by atoms with Gasteiger partial charge < -0.3 is 10.1 Å². The fourth-order valence-electron chi connectivity index (χ4n) is 2.36. The van der Waals surface area contributed by atoms with Crippen LogP contribution in [-0.4, -0.2) is 22.5 Å². The first-order valence-electron chi connectivity index (χ1n) is 8.64. The van der Waals surface area contributed by atoms with Crippen LogP contribution in [0, 0.1) is 0 Å². The maximum atomic E-state index is 12.5. The Bertz CT molecular complexity index is 879. The summed E-state index contributed by atoms with van der Waals surface area (Å²) in [7, 11) is 0. The number of hydrogen-bond donors (Lipinski definition) is 1. The molecule has 2 aromatic rings. The van der Waals surface area contributed by atoms with Gasteiger partial charge in [0.1, 0.15) is 16.4 Å². The van der Waals surface area contributed by atoms with Gasteiger partial charge in [0.25, 0.3) is 0 Å². The number of ketones is 1. The number of nitrogens with one attached hydrogen (secondary N) is 1. The number of nitrogens with zero attached hydrogens (tertiary/aromatic N) is 1. The van der Waals surface area contributed by atoms with Crippen LogP contribution in [0.1, 0.15) is 48.8 Å². The van der Waals surface area contributed by atoms with Crippen LogP contribution in [0.15, 0.2) is 30.3 Å². The van der Waals surface area contributed by atoms with Gasteiger partial charge in [-0.15, -0.1) is 0 Å². The number of Topliss-reactive ketones (excluding diaryl/α,β-unsaturated/α-hetero) is 1. The highest BCUT2D eigenvalue weighted by Crippen LogP contribution is 2.23. The summed E-state index contributed by atoms with van der Waals surface area (Å²) in [4.78, 5) is 28.4. The molecule has 8 heteroatoms. The topological polar surface area (TPSA) is 68.3 Å². The second kappa shape index (κ2) is 9.59. The van der Waals surface area contributed by atoms with Crippen LogP contribution in [0.25, 0.3) is 0 Å². The van der Waals surface area contributed by atoms with E-state index in [-0.39, 0.29) is 29.6 Å². The zero-order valence-electron chi connectivity index (χ0n) is 15.8. The number of pyridine rings is 1. The molecule has 150 valence electrons. The van der Waals surface area contributed by atoms with E-state index in [0.29, 0.717) is 22.0 Å². The molecule has 0 radical (unpaired) electrons. The predicted octanol–water partition coefficient (Wildman–Crippen LogP) is 5.88. The summed E-state index contributed by atoms with van der Waals surface area (Å²) in [5.74, 6) is -0.160. The average molecular weight is 444 g/mol. The van der Waals surface area contributed by atoms with Gasteiger partial charge in [-0.05, 0) is 62.6 Å². The van der Waals surface area contributed by atoms with E-state index in [9.17, 15) is 9.59 Å². The average Bonchev–Trinajstić information content (AvgIpc) is 2.59. The minimum Gasteiger partial charge on any atom is -0.444 e. The van der Waals surface area contributed by atoms with Crippen LogP contribution in [0.5, 0.6) is 0 Å². The third kappa shape index (κ3) is 7.30. The first-order chi connectivity index (χ1) is 13.0. The van der Waals surface area contributed by atoms with E-state index < -0.39 is 11.7 Å². The molecule has 0 fully saturated rings. The fraction of sp³-hybridized carbons (Fsp3) is 0.350. The van der Waals surface area contributed by atoms with Gasteiger partial charge in [0, 0.05) is 13.0 Å². The molecule has 0 bridgehead atoms. The monoisotopic (exact) mass is 442 g/mol. The summed E-state index contributed by atoms with van der Waals surface area (Å²) in [6.07, 6.45) is 0.188.